The smallest absolute Gasteiger partial charge is 0.416 e. The number of rotatable bonds is 4. The van der Waals surface area contributed by atoms with Crippen LogP contribution in [0, 0.1) is 11.8 Å². The number of hydrogen-bond acceptors (Lipinski definition) is 2. The van der Waals surface area contributed by atoms with Crippen molar-refractivity contribution in [3.05, 3.63) is 53.6 Å². The molecular weight excluding hydrogens is 412 g/mol. The van der Waals surface area contributed by atoms with Crippen LogP contribution in [0.25, 0.3) is 0 Å². The molecule has 1 aliphatic heterocycles. The molecule has 1 saturated heterocycles. The van der Waals surface area contributed by atoms with Crippen molar-refractivity contribution in [2.75, 3.05) is 11.4 Å². The second kappa shape index (κ2) is 8.35. The molecule has 0 aromatic heterocycles. The second-order valence-electron chi connectivity index (χ2n) is 7.71. The molecule has 1 aromatic carbocycles. The van der Waals surface area contributed by atoms with Gasteiger partial charge in [0.1, 0.15) is 0 Å². The van der Waals surface area contributed by atoms with Gasteiger partial charge in [0, 0.05) is 30.6 Å². The van der Waals surface area contributed by atoms with Crippen molar-refractivity contribution < 1.29 is 36.2 Å². The molecular formula is C21H21F6NO2. The van der Waals surface area contributed by atoms with Gasteiger partial charge in [-0.25, -0.2) is 0 Å². The van der Waals surface area contributed by atoms with E-state index in [4.69, 9.17) is 5.11 Å². The molecule has 0 radical (unpaired) electrons. The number of alkyl halides is 6. The molecule has 0 saturated carbocycles. The lowest BCUT2D eigenvalue weighted by atomic mass is 9.79. The summed E-state index contributed by atoms with van der Waals surface area (Å²) in [4.78, 5) is 13.0. The first kappa shape index (κ1) is 22.2. The monoisotopic (exact) mass is 433 g/mol. The van der Waals surface area contributed by atoms with Crippen LogP contribution in [0.4, 0.5) is 32.0 Å². The van der Waals surface area contributed by atoms with Crippen LogP contribution in [0.2, 0.25) is 0 Å². The molecule has 30 heavy (non-hydrogen) atoms. The highest BCUT2D eigenvalue weighted by Crippen LogP contribution is 2.39. The van der Waals surface area contributed by atoms with Gasteiger partial charge >= 0.3 is 18.3 Å². The highest BCUT2D eigenvalue weighted by Gasteiger charge is 2.38. The van der Waals surface area contributed by atoms with E-state index < -0.39 is 29.5 Å². The van der Waals surface area contributed by atoms with E-state index in [1.54, 1.807) is 0 Å². The summed E-state index contributed by atoms with van der Waals surface area (Å²) in [6.07, 6.45) is -4.19. The van der Waals surface area contributed by atoms with Crippen molar-refractivity contribution >= 4 is 11.7 Å². The number of aliphatic carboxylic acids is 1. The lowest BCUT2D eigenvalue weighted by Crippen LogP contribution is -2.47. The first-order valence-corrected chi connectivity index (χ1v) is 9.56. The molecule has 3 rings (SSSR count). The molecule has 1 unspecified atom stereocenters. The molecule has 0 spiro atoms. The molecule has 1 aliphatic carbocycles. The number of carboxylic acids is 1. The van der Waals surface area contributed by atoms with Crippen molar-refractivity contribution in [2.45, 2.75) is 44.1 Å². The van der Waals surface area contributed by atoms with E-state index in [9.17, 15) is 31.1 Å². The number of carboxylic acid groups (broad SMARTS) is 1. The summed E-state index contributed by atoms with van der Waals surface area (Å²) in [7, 11) is 0. The topological polar surface area (TPSA) is 40.5 Å². The number of nitrogens with zero attached hydrogens (tertiary/aromatic N) is 1. The van der Waals surface area contributed by atoms with Crippen LogP contribution >= 0.6 is 0 Å². The van der Waals surface area contributed by atoms with Gasteiger partial charge in [-0.15, -0.1) is 0 Å². The first-order valence-electron chi connectivity index (χ1n) is 9.56. The maximum atomic E-state index is 12.9. The quantitative estimate of drug-likeness (QED) is 0.608. The van der Waals surface area contributed by atoms with Crippen LogP contribution < -0.4 is 4.90 Å². The fourth-order valence-electron chi connectivity index (χ4n) is 4.21. The van der Waals surface area contributed by atoms with Crippen molar-refractivity contribution in [3.63, 3.8) is 0 Å². The third kappa shape index (κ3) is 5.17. The van der Waals surface area contributed by atoms with Gasteiger partial charge in [-0.05, 0) is 49.4 Å². The van der Waals surface area contributed by atoms with Crippen LogP contribution in [0.1, 0.15) is 31.2 Å². The standard InChI is InChI=1S/C21H21F6NO2/c22-20(23,24)15-3-1-14(2-4-15)18-11-13(12-19(29)30)9-10-28(18)17-7-5-16(6-8-17)21(25,26)27/h1,3-8,13-14,18H,2,9-12H2,(H,29,30)/t13-,14?,18+/m0/s1. The van der Waals surface area contributed by atoms with Gasteiger partial charge in [0.15, 0.2) is 0 Å². The zero-order chi connectivity index (χ0) is 22.1. The van der Waals surface area contributed by atoms with E-state index in [0.29, 0.717) is 25.1 Å². The van der Waals surface area contributed by atoms with Gasteiger partial charge in [0.25, 0.3) is 0 Å². The molecule has 2 aliphatic rings. The Kier molecular flexibility index (Phi) is 6.19. The molecule has 1 N–H and O–H groups in total. The van der Waals surface area contributed by atoms with Crippen LogP contribution in [0.15, 0.2) is 48.1 Å². The SMILES string of the molecule is O=C(O)C[C@H]1CCN(c2ccc(C(F)(F)F)cc2)[C@@H](C2C=CC(C(F)(F)F)=CC2)C1. The zero-order valence-corrected chi connectivity index (χ0v) is 15.9. The Morgan fingerprint density at radius 2 is 1.73 bits per heavy atom. The Morgan fingerprint density at radius 3 is 2.23 bits per heavy atom. The number of carbonyl (C=O) groups is 1. The van der Waals surface area contributed by atoms with Crippen molar-refractivity contribution in [3.8, 4) is 0 Å². The average Bonchev–Trinajstić information content (AvgIpc) is 2.66. The summed E-state index contributed by atoms with van der Waals surface area (Å²) in [5, 5.41) is 9.11. The predicted octanol–water partition coefficient (Wildman–Crippen LogP) is 5.83. The number of piperidine rings is 1. The number of allylic oxidation sites excluding steroid dienone is 3. The average molecular weight is 433 g/mol. The fourth-order valence-corrected chi connectivity index (χ4v) is 4.21. The minimum atomic E-state index is -4.46. The molecule has 164 valence electrons. The maximum Gasteiger partial charge on any atom is 0.416 e. The molecule has 3 nitrogen and oxygen atoms in total. The lowest BCUT2D eigenvalue weighted by molar-refractivity contribution is -0.138. The van der Waals surface area contributed by atoms with Gasteiger partial charge in [-0.3, -0.25) is 4.79 Å². The zero-order valence-electron chi connectivity index (χ0n) is 15.9. The predicted molar refractivity (Wildman–Crippen MR) is 98.9 cm³/mol. The van der Waals surface area contributed by atoms with Crippen LogP contribution in [0.3, 0.4) is 0 Å². The minimum absolute atomic E-state index is 0.0442. The van der Waals surface area contributed by atoms with Gasteiger partial charge < -0.3 is 10.0 Å². The largest absolute Gasteiger partial charge is 0.481 e. The van der Waals surface area contributed by atoms with Crippen LogP contribution in [-0.2, 0) is 11.0 Å². The summed E-state index contributed by atoms with van der Waals surface area (Å²) < 4.78 is 77.3. The van der Waals surface area contributed by atoms with Gasteiger partial charge in [-0.1, -0.05) is 18.2 Å². The van der Waals surface area contributed by atoms with Crippen molar-refractivity contribution in [1.29, 1.82) is 0 Å². The van der Waals surface area contributed by atoms with E-state index in [0.717, 1.165) is 24.3 Å². The Bertz CT molecular complexity index is 825. The summed E-state index contributed by atoms with van der Waals surface area (Å²) >= 11 is 0. The highest BCUT2D eigenvalue weighted by atomic mass is 19.4. The number of benzene rings is 1. The van der Waals surface area contributed by atoms with Gasteiger partial charge in [0.05, 0.1) is 11.1 Å². The Balaban J connectivity index is 1.83. The number of hydrogen-bond donors (Lipinski definition) is 1. The maximum absolute atomic E-state index is 12.9. The highest BCUT2D eigenvalue weighted by molar-refractivity contribution is 5.67. The van der Waals surface area contributed by atoms with Gasteiger partial charge in [-0.2, -0.15) is 26.3 Å². The summed E-state index contributed by atoms with van der Waals surface area (Å²) in [5.74, 6) is -1.38. The molecule has 9 heteroatoms. The van der Waals surface area contributed by atoms with E-state index in [2.05, 4.69) is 0 Å². The van der Waals surface area contributed by atoms with Gasteiger partial charge in [0.2, 0.25) is 0 Å². The Labute approximate surface area is 169 Å². The van der Waals surface area contributed by atoms with Crippen LogP contribution in [0.5, 0.6) is 0 Å². The first-order chi connectivity index (χ1) is 13.9. The Hall–Kier alpha value is -2.45. The van der Waals surface area contributed by atoms with E-state index in [1.807, 2.05) is 4.90 Å². The summed E-state index contributed by atoms with van der Waals surface area (Å²) in [5.41, 5.74) is -0.961. The summed E-state index contributed by atoms with van der Waals surface area (Å²) in [6.45, 7) is 0.425. The Morgan fingerprint density at radius 1 is 1.07 bits per heavy atom. The molecule has 1 aromatic rings. The van der Waals surface area contributed by atoms with Crippen molar-refractivity contribution in [2.24, 2.45) is 11.8 Å². The normalized spacial score (nSPS) is 25.2. The van der Waals surface area contributed by atoms with E-state index >= 15 is 0 Å². The fraction of sp³-hybridized carbons (Fsp3) is 0.476. The lowest BCUT2D eigenvalue weighted by Gasteiger charge is -2.44. The second-order valence-corrected chi connectivity index (χ2v) is 7.71. The minimum Gasteiger partial charge on any atom is -0.481 e. The molecule has 3 atom stereocenters. The van der Waals surface area contributed by atoms with E-state index in [1.165, 1.54) is 18.2 Å². The molecule has 0 amide bonds. The summed E-state index contributed by atoms with van der Waals surface area (Å²) in [6, 6.07) is 4.37. The number of anilines is 1. The third-order valence-corrected chi connectivity index (χ3v) is 5.70. The van der Waals surface area contributed by atoms with Crippen molar-refractivity contribution in [1.82, 2.24) is 0 Å². The van der Waals surface area contributed by atoms with Crippen LogP contribution in [-0.4, -0.2) is 29.8 Å². The third-order valence-electron chi connectivity index (χ3n) is 5.70. The molecule has 0 bridgehead atoms. The number of halogens is 6. The van der Waals surface area contributed by atoms with E-state index in [-0.39, 0.29) is 30.7 Å². The molecule has 1 heterocycles. The molecule has 1 fully saturated rings.